The van der Waals surface area contributed by atoms with Gasteiger partial charge in [-0.3, -0.25) is 0 Å². The Kier molecular flexibility index (Phi) is 16.1. The first-order valence-corrected chi connectivity index (χ1v) is 23.1. The molecule has 1 aliphatic carbocycles. The summed E-state index contributed by atoms with van der Waals surface area (Å²) in [7, 11) is 0. The van der Waals surface area contributed by atoms with Crippen molar-refractivity contribution in [3.8, 4) is 0 Å². The van der Waals surface area contributed by atoms with Gasteiger partial charge in [-0.15, -0.1) is 0 Å². The second-order valence-corrected chi connectivity index (χ2v) is 16.8. The van der Waals surface area contributed by atoms with Gasteiger partial charge in [-0.05, 0) is 78.3 Å². The molecular formula is C54H64N6O2. The standard InChI is InChI=1S/C29H33N3O.C25H31N3O/c1-2-3-7-20-28-27(25-18-12-6-13-19-25)22-32(31-28)29(33)30-21-26(23-14-8-4-9-15-23)24-16-10-5-11-17-24;1-2-3-5-16-24-22(20-11-6-4-7-12-20)18-28(27-24)25(29)26-23-17-10-14-19-13-8-9-15-21(19)23/h4-6,8-19,26-27H,2-3,7,20-22H2,1H3,(H,30,33);4,6-9,11-13,15,22-23H,2-3,5,10,14,16-18H2,1H3,(H,26,29). The molecule has 5 aromatic rings. The molecule has 5 aromatic carbocycles. The lowest BCUT2D eigenvalue weighted by Gasteiger charge is -2.27. The molecule has 0 radical (unpaired) electrons. The van der Waals surface area contributed by atoms with Crippen LogP contribution in [0.25, 0.3) is 0 Å². The van der Waals surface area contributed by atoms with E-state index in [2.05, 4.69) is 122 Å². The molecule has 0 saturated carbocycles. The minimum absolute atomic E-state index is 0.0712. The average molecular weight is 829 g/mol. The third-order valence-electron chi connectivity index (χ3n) is 12.5. The molecule has 0 saturated heterocycles. The van der Waals surface area contributed by atoms with Gasteiger partial charge >= 0.3 is 12.1 Å². The number of urea groups is 2. The number of unbranched alkanes of at least 4 members (excludes halogenated alkanes) is 4. The van der Waals surface area contributed by atoms with Crippen LogP contribution in [0.3, 0.4) is 0 Å². The summed E-state index contributed by atoms with van der Waals surface area (Å²) in [5, 5.41) is 19.3. The van der Waals surface area contributed by atoms with Crippen molar-refractivity contribution in [3.63, 3.8) is 0 Å². The lowest BCUT2D eigenvalue weighted by atomic mass is 9.88. The van der Waals surface area contributed by atoms with Gasteiger partial charge in [-0.25, -0.2) is 19.6 Å². The number of amides is 4. The monoisotopic (exact) mass is 829 g/mol. The summed E-state index contributed by atoms with van der Waals surface area (Å²) in [5.41, 5.74) is 9.74. The predicted molar refractivity (Wildman–Crippen MR) is 254 cm³/mol. The molecule has 2 aliphatic heterocycles. The van der Waals surface area contributed by atoms with Gasteiger partial charge in [0.25, 0.3) is 0 Å². The van der Waals surface area contributed by atoms with Gasteiger partial charge in [-0.1, -0.05) is 185 Å². The van der Waals surface area contributed by atoms with Gasteiger partial charge in [0, 0.05) is 35.7 Å². The number of rotatable bonds is 15. The SMILES string of the molecule is CCCCCC1=NN(C(=O)NC2CCCc3ccccc32)CC1c1ccccc1.CCCCCC1=NN(C(=O)NCC(c2ccccc2)c2ccccc2)CC1c1ccccc1. The summed E-state index contributed by atoms with van der Waals surface area (Å²) in [6, 6.07) is 50.0. The highest BCUT2D eigenvalue weighted by Crippen LogP contribution is 2.32. The first kappa shape index (κ1) is 44.0. The van der Waals surface area contributed by atoms with E-state index in [0.29, 0.717) is 19.6 Å². The number of carbonyl (C=O) groups is 2. The zero-order chi connectivity index (χ0) is 42.9. The molecule has 0 fully saturated rings. The van der Waals surface area contributed by atoms with E-state index in [1.54, 1.807) is 10.0 Å². The average Bonchev–Trinajstić information content (AvgIpc) is 3.96. The Morgan fingerprint density at radius 3 is 1.58 bits per heavy atom. The summed E-state index contributed by atoms with van der Waals surface area (Å²) in [5.74, 6) is 0.474. The van der Waals surface area contributed by atoms with Crippen molar-refractivity contribution in [2.24, 2.45) is 10.2 Å². The summed E-state index contributed by atoms with van der Waals surface area (Å²) in [4.78, 5) is 26.3. The third kappa shape index (κ3) is 11.7. The van der Waals surface area contributed by atoms with Crippen LogP contribution < -0.4 is 10.6 Å². The van der Waals surface area contributed by atoms with Crippen molar-refractivity contribution < 1.29 is 9.59 Å². The van der Waals surface area contributed by atoms with Gasteiger partial charge < -0.3 is 10.6 Å². The molecule has 3 aliphatic rings. The zero-order valence-electron chi connectivity index (χ0n) is 36.7. The quantitative estimate of drug-likeness (QED) is 0.103. The van der Waals surface area contributed by atoms with Crippen LogP contribution in [0, 0.1) is 0 Å². The Bertz CT molecular complexity index is 2170. The van der Waals surface area contributed by atoms with Crippen LogP contribution in [0.5, 0.6) is 0 Å². The first-order chi connectivity index (χ1) is 30.5. The smallest absolute Gasteiger partial charge is 0.336 e. The third-order valence-corrected chi connectivity index (χ3v) is 12.5. The van der Waals surface area contributed by atoms with E-state index in [4.69, 9.17) is 10.2 Å². The topological polar surface area (TPSA) is 89.4 Å². The molecule has 8 heteroatoms. The number of hydrogen-bond acceptors (Lipinski definition) is 4. The first-order valence-electron chi connectivity index (χ1n) is 23.1. The number of fused-ring (bicyclic) bond motifs is 1. The maximum absolute atomic E-state index is 13.2. The Morgan fingerprint density at radius 1 is 0.597 bits per heavy atom. The van der Waals surface area contributed by atoms with Crippen LogP contribution in [0.2, 0.25) is 0 Å². The highest BCUT2D eigenvalue weighted by atomic mass is 16.2. The van der Waals surface area contributed by atoms with Crippen molar-refractivity contribution in [2.45, 2.75) is 108 Å². The van der Waals surface area contributed by atoms with E-state index < -0.39 is 0 Å². The Balaban J connectivity index is 0.000000188. The van der Waals surface area contributed by atoms with Gasteiger partial charge in [0.05, 0.1) is 19.1 Å². The van der Waals surface area contributed by atoms with Crippen molar-refractivity contribution >= 4 is 23.5 Å². The molecule has 0 bridgehead atoms. The zero-order valence-corrected chi connectivity index (χ0v) is 36.7. The Hall–Kier alpha value is -6.02. The summed E-state index contributed by atoms with van der Waals surface area (Å²) >= 11 is 0. The summed E-state index contributed by atoms with van der Waals surface area (Å²) < 4.78 is 0. The second kappa shape index (κ2) is 22.7. The van der Waals surface area contributed by atoms with Gasteiger partial charge in [0.2, 0.25) is 0 Å². The van der Waals surface area contributed by atoms with Crippen molar-refractivity contribution in [1.82, 2.24) is 20.7 Å². The van der Waals surface area contributed by atoms with E-state index in [-0.39, 0.29) is 35.9 Å². The second-order valence-electron chi connectivity index (χ2n) is 16.8. The summed E-state index contributed by atoms with van der Waals surface area (Å²) in [6.45, 7) is 6.18. The van der Waals surface area contributed by atoms with Crippen LogP contribution in [-0.2, 0) is 6.42 Å². The number of carbonyl (C=O) groups excluding carboxylic acids is 2. The number of nitrogens with zero attached hydrogens (tertiary/aromatic N) is 4. The highest BCUT2D eigenvalue weighted by molar-refractivity contribution is 5.95. The largest absolute Gasteiger partial charge is 0.338 e. The minimum Gasteiger partial charge on any atom is -0.336 e. The highest BCUT2D eigenvalue weighted by Gasteiger charge is 2.33. The molecule has 4 amide bonds. The fourth-order valence-electron chi connectivity index (χ4n) is 9.08. The van der Waals surface area contributed by atoms with Crippen LogP contribution in [-0.4, -0.2) is 53.1 Å². The maximum atomic E-state index is 13.2. The molecule has 0 aromatic heterocycles. The summed E-state index contributed by atoms with van der Waals surface area (Å²) in [6.07, 6.45) is 12.1. The molecule has 3 unspecified atom stereocenters. The fraction of sp³-hybridized carbons (Fsp3) is 0.370. The maximum Gasteiger partial charge on any atom is 0.338 e. The normalized spacial score (nSPS) is 18.0. The number of benzene rings is 5. The van der Waals surface area contributed by atoms with E-state index in [0.717, 1.165) is 56.4 Å². The van der Waals surface area contributed by atoms with E-state index in [9.17, 15) is 9.59 Å². The number of nitrogens with one attached hydrogen (secondary N) is 2. The molecule has 8 nitrogen and oxygen atoms in total. The van der Waals surface area contributed by atoms with E-state index in [1.165, 1.54) is 59.1 Å². The molecule has 3 atom stereocenters. The van der Waals surface area contributed by atoms with Gasteiger partial charge in [0.15, 0.2) is 0 Å². The molecule has 8 rings (SSSR count). The molecule has 322 valence electrons. The molecule has 62 heavy (non-hydrogen) atoms. The molecule has 2 N–H and O–H groups in total. The number of aryl methyl sites for hydroxylation is 1. The Morgan fingerprint density at radius 2 is 1.06 bits per heavy atom. The van der Waals surface area contributed by atoms with Crippen LogP contribution >= 0.6 is 0 Å². The fourth-order valence-corrected chi connectivity index (χ4v) is 9.08. The number of hydrazone groups is 2. The lowest BCUT2D eigenvalue weighted by molar-refractivity contribution is 0.198. The van der Waals surface area contributed by atoms with Crippen molar-refractivity contribution in [2.75, 3.05) is 19.6 Å². The van der Waals surface area contributed by atoms with Crippen LogP contribution in [0.1, 0.15) is 135 Å². The van der Waals surface area contributed by atoms with E-state index >= 15 is 0 Å². The van der Waals surface area contributed by atoms with E-state index in [1.807, 2.05) is 48.5 Å². The minimum atomic E-state index is -0.127. The van der Waals surface area contributed by atoms with Crippen LogP contribution in [0.4, 0.5) is 9.59 Å². The van der Waals surface area contributed by atoms with Crippen molar-refractivity contribution in [3.05, 3.63) is 179 Å². The van der Waals surface area contributed by atoms with Gasteiger partial charge in [-0.2, -0.15) is 10.2 Å². The Labute approximate surface area is 369 Å². The molecule has 2 heterocycles. The molecule has 0 spiro atoms. The lowest BCUT2D eigenvalue weighted by Crippen LogP contribution is -2.39. The van der Waals surface area contributed by atoms with Crippen LogP contribution in [0.15, 0.2) is 156 Å². The molecular weight excluding hydrogens is 765 g/mol. The van der Waals surface area contributed by atoms with Crippen molar-refractivity contribution in [1.29, 1.82) is 0 Å². The van der Waals surface area contributed by atoms with Gasteiger partial charge in [0.1, 0.15) is 0 Å². The predicted octanol–water partition coefficient (Wildman–Crippen LogP) is 12.4. The number of hydrogen-bond donors (Lipinski definition) is 2.